The fourth-order valence-corrected chi connectivity index (χ4v) is 3.48. The van der Waals surface area contributed by atoms with Gasteiger partial charge in [-0.1, -0.05) is 6.92 Å². The Morgan fingerprint density at radius 1 is 1.53 bits per heavy atom. The SMILES string of the molecule is CCc1nc(CS(C)(=O)=O)sc1/C=C/C(=O)O. The van der Waals surface area contributed by atoms with Gasteiger partial charge in [0.1, 0.15) is 10.8 Å². The second-order valence-electron chi connectivity index (χ2n) is 3.51. The molecular weight excluding hydrogens is 262 g/mol. The maximum atomic E-state index is 11.1. The highest BCUT2D eigenvalue weighted by molar-refractivity contribution is 7.90. The number of nitrogens with zero attached hydrogens (tertiary/aromatic N) is 1. The number of hydrogen-bond acceptors (Lipinski definition) is 5. The third-order valence-electron chi connectivity index (χ3n) is 1.87. The average Bonchev–Trinajstić information content (AvgIpc) is 2.54. The molecule has 0 bridgehead atoms. The van der Waals surface area contributed by atoms with Crippen molar-refractivity contribution in [2.75, 3.05) is 6.26 Å². The van der Waals surface area contributed by atoms with Crippen LogP contribution in [0.15, 0.2) is 6.08 Å². The van der Waals surface area contributed by atoms with Crippen LogP contribution in [0, 0.1) is 0 Å². The topological polar surface area (TPSA) is 84.3 Å². The lowest BCUT2D eigenvalue weighted by Gasteiger charge is -1.91. The number of aryl methyl sites for hydroxylation is 1. The number of carboxylic acids is 1. The number of rotatable bonds is 5. The van der Waals surface area contributed by atoms with Crippen molar-refractivity contribution < 1.29 is 18.3 Å². The number of aromatic nitrogens is 1. The average molecular weight is 275 g/mol. The predicted octanol–water partition coefficient (Wildman–Crippen LogP) is 1.35. The summed E-state index contributed by atoms with van der Waals surface area (Å²) in [6.07, 6.45) is 4.26. The van der Waals surface area contributed by atoms with Gasteiger partial charge in [0.25, 0.3) is 0 Å². The van der Waals surface area contributed by atoms with E-state index in [1.807, 2.05) is 6.92 Å². The summed E-state index contributed by atoms with van der Waals surface area (Å²) in [6, 6.07) is 0. The van der Waals surface area contributed by atoms with E-state index in [4.69, 9.17) is 5.11 Å². The van der Waals surface area contributed by atoms with Crippen molar-refractivity contribution in [1.82, 2.24) is 4.98 Å². The highest BCUT2D eigenvalue weighted by Gasteiger charge is 2.12. The molecule has 1 rings (SSSR count). The minimum atomic E-state index is -3.11. The Bertz CT molecular complexity index is 543. The van der Waals surface area contributed by atoms with Crippen LogP contribution in [-0.4, -0.2) is 30.7 Å². The van der Waals surface area contributed by atoms with Crippen LogP contribution in [0.25, 0.3) is 6.08 Å². The van der Waals surface area contributed by atoms with Crippen molar-refractivity contribution in [3.05, 3.63) is 21.7 Å². The fraction of sp³-hybridized carbons (Fsp3) is 0.400. The molecule has 0 aliphatic rings. The Kier molecular flexibility index (Phi) is 4.41. The number of thiazole rings is 1. The smallest absolute Gasteiger partial charge is 0.328 e. The number of hydrogen-bond donors (Lipinski definition) is 1. The lowest BCUT2D eigenvalue weighted by molar-refractivity contribution is -0.131. The van der Waals surface area contributed by atoms with E-state index >= 15 is 0 Å². The summed E-state index contributed by atoms with van der Waals surface area (Å²) < 4.78 is 22.3. The molecule has 0 atom stereocenters. The summed E-state index contributed by atoms with van der Waals surface area (Å²) in [5.41, 5.74) is 0.728. The molecule has 0 aromatic carbocycles. The molecule has 0 radical (unpaired) electrons. The zero-order valence-electron chi connectivity index (χ0n) is 9.50. The number of sulfone groups is 1. The molecule has 0 amide bonds. The minimum absolute atomic E-state index is 0.106. The molecule has 0 spiro atoms. The summed E-state index contributed by atoms with van der Waals surface area (Å²) >= 11 is 1.21. The van der Waals surface area contributed by atoms with E-state index in [1.165, 1.54) is 17.4 Å². The van der Waals surface area contributed by atoms with Crippen LogP contribution in [0.1, 0.15) is 22.5 Å². The zero-order valence-corrected chi connectivity index (χ0v) is 11.1. The van der Waals surface area contributed by atoms with Crippen molar-refractivity contribution in [1.29, 1.82) is 0 Å². The Balaban J connectivity index is 3.02. The van der Waals surface area contributed by atoms with E-state index in [1.54, 1.807) is 0 Å². The van der Waals surface area contributed by atoms with Crippen LogP contribution in [0.2, 0.25) is 0 Å². The summed E-state index contributed by atoms with van der Waals surface area (Å²) in [5.74, 6) is -1.14. The van der Waals surface area contributed by atoms with Crippen molar-refractivity contribution >= 4 is 33.2 Å². The zero-order chi connectivity index (χ0) is 13.1. The molecule has 0 unspecified atom stereocenters. The van der Waals surface area contributed by atoms with Gasteiger partial charge < -0.3 is 5.11 Å². The van der Waals surface area contributed by atoms with E-state index in [2.05, 4.69) is 4.98 Å². The molecule has 0 saturated heterocycles. The van der Waals surface area contributed by atoms with Crippen LogP contribution in [0.3, 0.4) is 0 Å². The van der Waals surface area contributed by atoms with Gasteiger partial charge in [-0.25, -0.2) is 18.2 Å². The summed E-state index contributed by atoms with van der Waals surface area (Å²) in [5, 5.41) is 9.03. The van der Waals surface area contributed by atoms with Crippen molar-refractivity contribution in [2.45, 2.75) is 19.1 Å². The predicted molar refractivity (Wildman–Crippen MR) is 66.7 cm³/mol. The fourth-order valence-electron chi connectivity index (χ4n) is 1.23. The lowest BCUT2D eigenvalue weighted by atomic mass is 10.3. The Hall–Kier alpha value is -1.21. The second-order valence-corrected chi connectivity index (χ2v) is 6.77. The Labute approximate surface area is 104 Å². The first-order valence-corrected chi connectivity index (χ1v) is 7.77. The molecule has 94 valence electrons. The number of carboxylic acid groups (broad SMARTS) is 1. The maximum absolute atomic E-state index is 11.1. The van der Waals surface area contributed by atoms with Gasteiger partial charge in [0, 0.05) is 12.3 Å². The van der Waals surface area contributed by atoms with Gasteiger partial charge in [0.05, 0.1) is 10.6 Å². The maximum Gasteiger partial charge on any atom is 0.328 e. The van der Waals surface area contributed by atoms with Gasteiger partial charge in [-0.05, 0) is 12.5 Å². The number of carbonyl (C=O) groups is 1. The van der Waals surface area contributed by atoms with Crippen LogP contribution in [-0.2, 0) is 26.8 Å². The molecule has 1 aromatic heterocycles. The van der Waals surface area contributed by atoms with Crippen molar-refractivity contribution in [3.63, 3.8) is 0 Å². The molecule has 0 aliphatic heterocycles. The molecular formula is C10H13NO4S2. The van der Waals surface area contributed by atoms with Crippen molar-refractivity contribution in [2.24, 2.45) is 0 Å². The highest BCUT2D eigenvalue weighted by Crippen LogP contribution is 2.22. The first-order valence-electron chi connectivity index (χ1n) is 4.89. The third kappa shape index (κ3) is 4.66. The summed E-state index contributed by atoms with van der Waals surface area (Å²) in [6.45, 7) is 1.89. The normalized spacial score (nSPS) is 12.1. The van der Waals surface area contributed by atoms with E-state index in [0.29, 0.717) is 16.3 Å². The first kappa shape index (κ1) is 13.9. The molecule has 5 nitrogen and oxygen atoms in total. The van der Waals surface area contributed by atoms with Gasteiger partial charge in [-0.2, -0.15) is 0 Å². The summed E-state index contributed by atoms with van der Waals surface area (Å²) in [7, 11) is -3.11. The molecule has 0 saturated carbocycles. The van der Waals surface area contributed by atoms with Gasteiger partial charge in [0.2, 0.25) is 0 Å². The van der Waals surface area contributed by atoms with Crippen LogP contribution >= 0.6 is 11.3 Å². The van der Waals surface area contributed by atoms with E-state index in [9.17, 15) is 13.2 Å². The molecule has 1 heterocycles. The Morgan fingerprint density at radius 2 is 2.18 bits per heavy atom. The lowest BCUT2D eigenvalue weighted by Crippen LogP contribution is -2.00. The third-order valence-corrected chi connectivity index (χ3v) is 3.91. The number of aliphatic carboxylic acids is 1. The first-order chi connectivity index (χ1) is 7.81. The monoisotopic (exact) mass is 275 g/mol. The van der Waals surface area contributed by atoms with Gasteiger partial charge >= 0.3 is 5.97 Å². The van der Waals surface area contributed by atoms with Gasteiger partial charge in [-0.3, -0.25) is 0 Å². The largest absolute Gasteiger partial charge is 0.478 e. The second kappa shape index (κ2) is 5.42. The van der Waals surface area contributed by atoms with Crippen molar-refractivity contribution in [3.8, 4) is 0 Å². The van der Waals surface area contributed by atoms with Crippen LogP contribution in [0.4, 0.5) is 0 Å². The standard InChI is InChI=1S/C10H13NO4S2/c1-3-7-8(4-5-10(12)13)16-9(11-7)6-17(2,14)15/h4-5H,3,6H2,1-2H3,(H,12,13)/b5-4+. The molecule has 0 fully saturated rings. The quantitative estimate of drug-likeness (QED) is 0.820. The van der Waals surface area contributed by atoms with E-state index < -0.39 is 15.8 Å². The van der Waals surface area contributed by atoms with Crippen LogP contribution < -0.4 is 0 Å². The molecule has 17 heavy (non-hydrogen) atoms. The van der Waals surface area contributed by atoms with Gasteiger partial charge in [-0.15, -0.1) is 11.3 Å². The van der Waals surface area contributed by atoms with E-state index in [-0.39, 0.29) is 5.75 Å². The minimum Gasteiger partial charge on any atom is -0.478 e. The Morgan fingerprint density at radius 3 is 2.65 bits per heavy atom. The molecule has 1 aromatic rings. The molecule has 1 N–H and O–H groups in total. The summed E-state index contributed by atoms with van der Waals surface area (Å²) in [4.78, 5) is 15.3. The van der Waals surface area contributed by atoms with Gasteiger partial charge in [0.15, 0.2) is 9.84 Å². The van der Waals surface area contributed by atoms with Crippen LogP contribution in [0.5, 0.6) is 0 Å². The highest BCUT2D eigenvalue weighted by atomic mass is 32.2. The molecule has 0 aliphatic carbocycles. The molecule has 7 heteroatoms. The van der Waals surface area contributed by atoms with E-state index in [0.717, 1.165) is 18.0 Å².